The van der Waals surface area contributed by atoms with Gasteiger partial charge in [-0.05, 0) is 59.7 Å². The number of carbonyl (C=O) groups is 1. The summed E-state index contributed by atoms with van der Waals surface area (Å²) in [5.41, 5.74) is 1.77. The molecule has 0 aliphatic rings. The second-order valence-corrected chi connectivity index (χ2v) is 6.58. The zero-order chi connectivity index (χ0) is 21.1. The fraction of sp³-hybridized carbons (Fsp3) is 0.0833. The van der Waals surface area contributed by atoms with E-state index in [1.807, 2.05) is 24.3 Å². The molecule has 1 aromatic heterocycles. The normalized spacial score (nSPS) is 10.7. The summed E-state index contributed by atoms with van der Waals surface area (Å²) in [5.74, 6) is 0.397. The highest BCUT2D eigenvalue weighted by molar-refractivity contribution is 5.97. The largest absolute Gasteiger partial charge is 0.497 e. The Bertz CT molecular complexity index is 1260. The number of Topliss-reactive ketones (excluding diaryl/α,β-unsaturated/α-hetero) is 1. The molecule has 0 fully saturated rings. The zero-order valence-electron chi connectivity index (χ0n) is 16.1. The van der Waals surface area contributed by atoms with E-state index in [0.29, 0.717) is 22.6 Å². The summed E-state index contributed by atoms with van der Waals surface area (Å²) >= 11 is 0. The first kappa shape index (κ1) is 19.4. The van der Waals surface area contributed by atoms with Gasteiger partial charge in [0.2, 0.25) is 0 Å². The van der Waals surface area contributed by atoms with Crippen molar-refractivity contribution in [2.45, 2.75) is 0 Å². The molecule has 1 heterocycles. The van der Waals surface area contributed by atoms with E-state index in [1.165, 1.54) is 30.3 Å². The smallest absolute Gasteiger partial charge is 0.336 e. The Hall–Kier alpha value is -3.93. The molecule has 30 heavy (non-hydrogen) atoms. The van der Waals surface area contributed by atoms with Crippen molar-refractivity contribution in [1.29, 1.82) is 0 Å². The van der Waals surface area contributed by atoms with Crippen LogP contribution in [0.5, 0.6) is 11.5 Å². The van der Waals surface area contributed by atoms with Crippen LogP contribution < -0.4 is 15.1 Å². The number of hydrogen-bond donors (Lipinski definition) is 0. The lowest BCUT2D eigenvalue weighted by atomic mass is 10.0. The van der Waals surface area contributed by atoms with Crippen molar-refractivity contribution in [2.24, 2.45) is 0 Å². The van der Waals surface area contributed by atoms with Gasteiger partial charge in [0.25, 0.3) is 0 Å². The van der Waals surface area contributed by atoms with E-state index < -0.39 is 11.4 Å². The van der Waals surface area contributed by atoms with Gasteiger partial charge in [0.15, 0.2) is 12.4 Å². The minimum atomic E-state index is -0.493. The Morgan fingerprint density at radius 1 is 0.933 bits per heavy atom. The average molecular weight is 404 g/mol. The van der Waals surface area contributed by atoms with Crippen LogP contribution in [0.25, 0.3) is 22.1 Å². The van der Waals surface area contributed by atoms with Gasteiger partial charge in [0, 0.05) is 23.1 Å². The predicted octanol–water partition coefficient (Wildman–Crippen LogP) is 4.87. The third-order valence-electron chi connectivity index (χ3n) is 4.65. The van der Waals surface area contributed by atoms with E-state index in [9.17, 15) is 14.0 Å². The molecule has 6 heteroatoms. The third kappa shape index (κ3) is 4.07. The lowest BCUT2D eigenvalue weighted by Crippen LogP contribution is -2.11. The number of methoxy groups -OCH3 is 1. The van der Waals surface area contributed by atoms with E-state index in [-0.39, 0.29) is 12.4 Å². The molecule has 0 amide bonds. The van der Waals surface area contributed by atoms with Gasteiger partial charge in [-0.1, -0.05) is 12.1 Å². The summed E-state index contributed by atoms with van der Waals surface area (Å²) < 4.78 is 29.0. The summed E-state index contributed by atoms with van der Waals surface area (Å²) in [7, 11) is 1.59. The monoisotopic (exact) mass is 404 g/mol. The molecule has 0 radical (unpaired) electrons. The van der Waals surface area contributed by atoms with Crippen LogP contribution in [0, 0.1) is 5.82 Å². The molecule has 150 valence electrons. The molecule has 0 bridgehead atoms. The maximum atomic E-state index is 13.0. The van der Waals surface area contributed by atoms with Gasteiger partial charge < -0.3 is 13.9 Å². The molecular formula is C24H17FO5. The van der Waals surface area contributed by atoms with Crippen LogP contribution in [-0.4, -0.2) is 19.5 Å². The number of benzene rings is 3. The Labute approximate surface area is 171 Å². The second-order valence-electron chi connectivity index (χ2n) is 6.58. The van der Waals surface area contributed by atoms with Crippen LogP contribution in [0.2, 0.25) is 0 Å². The first-order valence-electron chi connectivity index (χ1n) is 9.17. The lowest BCUT2D eigenvalue weighted by molar-refractivity contribution is 0.0921. The fourth-order valence-corrected chi connectivity index (χ4v) is 3.11. The van der Waals surface area contributed by atoms with Gasteiger partial charge in [0.05, 0.1) is 7.11 Å². The lowest BCUT2D eigenvalue weighted by Gasteiger charge is -2.09. The summed E-state index contributed by atoms with van der Waals surface area (Å²) in [6.07, 6.45) is 0. The van der Waals surface area contributed by atoms with Gasteiger partial charge in [0.1, 0.15) is 22.9 Å². The molecule has 0 unspecified atom stereocenters. The van der Waals surface area contributed by atoms with Gasteiger partial charge in [-0.15, -0.1) is 0 Å². The summed E-state index contributed by atoms with van der Waals surface area (Å²) in [6.45, 7) is -0.223. The highest BCUT2D eigenvalue weighted by Crippen LogP contribution is 2.30. The molecule has 5 nitrogen and oxygen atoms in total. The minimum Gasteiger partial charge on any atom is -0.497 e. The van der Waals surface area contributed by atoms with E-state index in [1.54, 1.807) is 25.3 Å². The van der Waals surface area contributed by atoms with Crippen molar-refractivity contribution in [3.8, 4) is 22.6 Å². The number of ketones is 1. The second kappa shape index (κ2) is 8.21. The third-order valence-corrected chi connectivity index (χ3v) is 4.65. The van der Waals surface area contributed by atoms with Crippen LogP contribution in [0.4, 0.5) is 4.39 Å². The van der Waals surface area contributed by atoms with Gasteiger partial charge >= 0.3 is 5.63 Å². The van der Waals surface area contributed by atoms with Crippen molar-refractivity contribution in [3.63, 3.8) is 0 Å². The van der Waals surface area contributed by atoms with Crippen LogP contribution >= 0.6 is 0 Å². The SMILES string of the molecule is COc1ccc(-c2cc(=O)oc3cc(OCC(=O)c4ccc(F)cc4)ccc23)cc1. The standard InChI is InChI=1S/C24H17FO5/c1-28-18-8-4-15(5-9-18)21-13-24(27)30-23-12-19(10-11-20(21)23)29-14-22(26)16-2-6-17(25)7-3-16/h2-13H,14H2,1H3. The quantitative estimate of drug-likeness (QED) is 0.339. The number of rotatable bonds is 6. The van der Waals surface area contributed by atoms with Crippen molar-refractivity contribution in [3.05, 3.63) is 94.6 Å². The first-order chi connectivity index (χ1) is 14.5. The maximum absolute atomic E-state index is 13.0. The van der Waals surface area contributed by atoms with Crippen LogP contribution in [0.15, 0.2) is 82.0 Å². The fourth-order valence-electron chi connectivity index (χ4n) is 3.11. The maximum Gasteiger partial charge on any atom is 0.336 e. The van der Waals surface area contributed by atoms with Gasteiger partial charge in [-0.2, -0.15) is 0 Å². The van der Waals surface area contributed by atoms with E-state index in [0.717, 1.165) is 16.5 Å². The topological polar surface area (TPSA) is 65.7 Å². The Morgan fingerprint density at radius 3 is 2.33 bits per heavy atom. The van der Waals surface area contributed by atoms with Gasteiger partial charge in [-0.3, -0.25) is 4.79 Å². The molecule has 0 spiro atoms. The number of carbonyl (C=O) groups excluding carboxylic acids is 1. The average Bonchev–Trinajstić information content (AvgIpc) is 2.77. The molecule has 0 N–H and O–H groups in total. The molecule has 0 aliphatic heterocycles. The Balaban J connectivity index is 1.60. The number of hydrogen-bond acceptors (Lipinski definition) is 5. The molecule has 0 atom stereocenters. The van der Waals surface area contributed by atoms with Crippen molar-refractivity contribution in [1.82, 2.24) is 0 Å². The first-order valence-corrected chi connectivity index (χ1v) is 9.17. The summed E-state index contributed by atoms with van der Waals surface area (Å²) in [4.78, 5) is 24.3. The molecule has 4 aromatic rings. The number of ether oxygens (including phenoxy) is 2. The van der Waals surface area contributed by atoms with Gasteiger partial charge in [-0.25, -0.2) is 9.18 Å². The summed E-state index contributed by atoms with van der Waals surface area (Å²) in [5, 5.41) is 0.733. The number of halogens is 1. The molecule has 3 aromatic carbocycles. The van der Waals surface area contributed by atoms with E-state index in [2.05, 4.69) is 0 Å². The van der Waals surface area contributed by atoms with Crippen molar-refractivity contribution >= 4 is 16.8 Å². The highest BCUT2D eigenvalue weighted by Gasteiger charge is 2.11. The minimum absolute atomic E-state index is 0.223. The number of fused-ring (bicyclic) bond motifs is 1. The van der Waals surface area contributed by atoms with Crippen LogP contribution in [-0.2, 0) is 0 Å². The Kier molecular flexibility index (Phi) is 5.30. The zero-order valence-corrected chi connectivity index (χ0v) is 16.1. The summed E-state index contributed by atoms with van der Waals surface area (Å²) in [6, 6.07) is 19.1. The van der Waals surface area contributed by atoms with Crippen LogP contribution in [0.1, 0.15) is 10.4 Å². The molecule has 0 aliphatic carbocycles. The molecule has 0 saturated heterocycles. The van der Waals surface area contributed by atoms with Crippen molar-refractivity contribution in [2.75, 3.05) is 13.7 Å². The van der Waals surface area contributed by atoms with E-state index >= 15 is 0 Å². The molecular weight excluding hydrogens is 387 g/mol. The molecule has 4 rings (SSSR count). The van der Waals surface area contributed by atoms with Crippen LogP contribution in [0.3, 0.4) is 0 Å². The predicted molar refractivity (Wildman–Crippen MR) is 111 cm³/mol. The van der Waals surface area contributed by atoms with Crippen molar-refractivity contribution < 1.29 is 23.1 Å². The highest BCUT2D eigenvalue weighted by atomic mass is 19.1. The van der Waals surface area contributed by atoms with E-state index in [4.69, 9.17) is 13.9 Å². The Morgan fingerprint density at radius 2 is 1.63 bits per heavy atom. The molecule has 0 saturated carbocycles.